The normalized spacial score (nSPS) is 11.0. The number of carbonyl (C=O) groups excluding carboxylic acids is 2. The van der Waals surface area contributed by atoms with Crippen molar-refractivity contribution in [1.82, 2.24) is 10.6 Å². The number of para-hydroxylation sites is 1. The molecule has 5 nitrogen and oxygen atoms in total. The van der Waals surface area contributed by atoms with Crippen LogP contribution in [0.15, 0.2) is 24.3 Å². The van der Waals surface area contributed by atoms with Gasteiger partial charge in [0.2, 0.25) is 5.91 Å². The molecule has 0 aromatic heterocycles. The first-order chi connectivity index (χ1) is 9.42. The molecular formula is C15H23N3O2. The van der Waals surface area contributed by atoms with Crippen molar-refractivity contribution in [2.24, 2.45) is 0 Å². The smallest absolute Gasteiger partial charge is 0.253 e. The number of hydrogen-bond donors (Lipinski definition) is 3. The molecule has 110 valence electrons. The zero-order valence-electron chi connectivity index (χ0n) is 12.5. The zero-order chi connectivity index (χ0) is 15.2. The van der Waals surface area contributed by atoms with E-state index in [0.717, 1.165) is 6.42 Å². The van der Waals surface area contributed by atoms with Crippen LogP contribution in [0.25, 0.3) is 0 Å². The van der Waals surface area contributed by atoms with Gasteiger partial charge in [0.1, 0.15) is 0 Å². The van der Waals surface area contributed by atoms with Crippen molar-refractivity contribution in [1.29, 1.82) is 0 Å². The van der Waals surface area contributed by atoms with Crippen molar-refractivity contribution in [3.63, 3.8) is 0 Å². The van der Waals surface area contributed by atoms with Crippen LogP contribution in [-0.4, -0.2) is 30.9 Å². The molecule has 0 radical (unpaired) electrons. The summed E-state index contributed by atoms with van der Waals surface area (Å²) in [6, 6.07) is 7.00. The van der Waals surface area contributed by atoms with Crippen molar-refractivity contribution in [3.05, 3.63) is 29.8 Å². The Balaban J connectivity index is 2.91. The number of likely N-dealkylation sites (N-methyl/N-ethyl adjacent to an activating group) is 1. The fourth-order valence-corrected chi connectivity index (χ4v) is 1.52. The summed E-state index contributed by atoms with van der Waals surface area (Å²) in [5, 5.41) is 8.54. The van der Waals surface area contributed by atoms with Crippen LogP contribution in [0.4, 0.5) is 5.69 Å². The lowest BCUT2D eigenvalue weighted by Gasteiger charge is -2.23. The highest BCUT2D eigenvalue weighted by Gasteiger charge is 2.26. The maximum atomic E-state index is 12.1. The molecule has 20 heavy (non-hydrogen) atoms. The van der Waals surface area contributed by atoms with Crippen molar-refractivity contribution in [3.8, 4) is 0 Å². The minimum atomic E-state index is -0.701. The van der Waals surface area contributed by atoms with Gasteiger partial charge in [-0.15, -0.1) is 0 Å². The van der Waals surface area contributed by atoms with E-state index >= 15 is 0 Å². The Morgan fingerprint density at radius 3 is 2.45 bits per heavy atom. The molecule has 2 amide bonds. The van der Waals surface area contributed by atoms with E-state index in [2.05, 4.69) is 16.0 Å². The summed E-state index contributed by atoms with van der Waals surface area (Å²) in [7, 11) is 1.72. The van der Waals surface area contributed by atoms with E-state index in [9.17, 15) is 9.59 Å². The van der Waals surface area contributed by atoms with Gasteiger partial charge in [0.15, 0.2) is 0 Å². The summed E-state index contributed by atoms with van der Waals surface area (Å²) in [6.07, 6.45) is 0.868. The Kier molecular flexibility index (Phi) is 5.70. The third-order valence-corrected chi connectivity index (χ3v) is 3.15. The number of hydrogen-bond acceptors (Lipinski definition) is 3. The number of carbonyl (C=O) groups is 2. The molecule has 0 fully saturated rings. The van der Waals surface area contributed by atoms with Crippen LogP contribution in [0.3, 0.4) is 0 Å². The fourth-order valence-electron chi connectivity index (χ4n) is 1.52. The number of rotatable bonds is 6. The molecule has 5 heteroatoms. The van der Waals surface area contributed by atoms with Crippen molar-refractivity contribution in [2.75, 3.05) is 18.9 Å². The fraction of sp³-hybridized carbons (Fsp3) is 0.467. The van der Waals surface area contributed by atoms with Gasteiger partial charge in [0, 0.05) is 6.54 Å². The highest BCUT2D eigenvalue weighted by atomic mass is 16.2. The van der Waals surface area contributed by atoms with E-state index in [-0.39, 0.29) is 11.8 Å². The Morgan fingerprint density at radius 1 is 1.20 bits per heavy atom. The molecule has 0 saturated carbocycles. The molecule has 1 aromatic carbocycles. The van der Waals surface area contributed by atoms with Crippen molar-refractivity contribution >= 4 is 17.5 Å². The maximum Gasteiger partial charge on any atom is 0.253 e. The van der Waals surface area contributed by atoms with E-state index in [1.54, 1.807) is 45.2 Å². The molecule has 0 aliphatic carbocycles. The average molecular weight is 277 g/mol. The minimum Gasteiger partial charge on any atom is -0.352 e. The molecule has 1 aromatic rings. The van der Waals surface area contributed by atoms with E-state index in [1.807, 2.05) is 6.92 Å². The summed E-state index contributed by atoms with van der Waals surface area (Å²) in [5.74, 6) is -0.360. The molecule has 0 heterocycles. The maximum absolute atomic E-state index is 12.1. The molecule has 0 aliphatic heterocycles. The standard InChI is InChI=1S/C15H23N3O2/c1-5-10-17-13(19)11-8-6-7-9-12(11)18-14(20)15(2,3)16-4/h6-9,16H,5,10H2,1-4H3,(H,17,19)(H,18,20). The van der Waals surface area contributed by atoms with Gasteiger partial charge in [-0.25, -0.2) is 0 Å². The second kappa shape index (κ2) is 7.05. The van der Waals surface area contributed by atoms with Crippen LogP contribution in [0.1, 0.15) is 37.6 Å². The van der Waals surface area contributed by atoms with Gasteiger partial charge in [-0.2, -0.15) is 0 Å². The Morgan fingerprint density at radius 2 is 1.85 bits per heavy atom. The van der Waals surface area contributed by atoms with Gasteiger partial charge in [-0.1, -0.05) is 19.1 Å². The summed E-state index contributed by atoms with van der Waals surface area (Å²) < 4.78 is 0. The van der Waals surface area contributed by atoms with Crippen LogP contribution in [0.2, 0.25) is 0 Å². The summed E-state index contributed by atoms with van der Waals surface area (Å²) in [4.78, 5) is 24.2. The Hall–Kier alpha value is -1.88. The number of anilines is 1. The van der Waals surface area contributed by atoms with E-state index in [1.165, 1.54) is 0 Å². The number of amides is 2. The number of nitrogens with one attached hydrogen (secondary N) is 3. The zero-order valence-corrected chi connectivity index (χ0v) is 12.5. The van der Waals surface area contributed by atoms with E-state index in [4.69, 9.17) is 0 Å². The third-order valence-electron chi connectivity index (χ3n) is 3.15. The second-order valence-corrected chi connectivity index (χ2v) is 5.13. The van der Waals surface area contributed by atoms with Crippen LogP contribution in [-0.2, 0) is 4.79 Å². The molecule has 0 unspecified atom stereocenters. The quantitative estimate of drug-likeness (QED) is 0.742. The molecule has 0 spiro atoms. The predicted molar refractivity (Wildman–Crippen MR) is 80.8 cm³/mol. The molecule has 1 rings (SSSR count). The first-order valence-electron chi connectivity index (χ1n) is 6.80. The lowest BCUT2D eigenvalue weighted by atomic mass is 10.0. The summed E-state index contributed by atoms with van der Waals surface area (Å²) >= 11 is 0. The Bertz CT molecular complexity index is 484. The molecule has 0 saturated heterocycles. The van der Waals surface area contributed by atoms with Gasteiger partial charge in [-0.3, -0.25) is 9.59 Å². The number of benzene rings is 1. The highest BCUT2D eigenvalue weighted by molar-refractivity contribution is 6.05. The largest absolute Gasteiger partial charge is 0.352 e. The summed E-state index contributed by atoms with van der Waals surface area (Å²) in [6.45, 7) is 6.16. The molecule has 3 N–H and O–H groups in total. The first-order valence-corrected chi connectivity index (χ1v) is 6.80. The van der Waals surface area contributed by atoms with Crippen LogP contribution >= 0.6 is 0 Å². The van der Waals surface area contributed by atoms with Crippen LogP contribution in [0, 0.1) is 0 Å². The monoisotopic (exact) mass is 277 g/mol. The van der Waals surface area contributed by atoms with Gasteiger partial charge < -0.3 is 16.0 Å². The highest BCUT2D eigenvalue weighted by Crippen LogP contribution is 2.17. The van der Waals surface area contributed by atoms with Gasteiger partial charge >= 0.3 is 0 Å². The van der Waals surface area contributed by atoms with Crippen molar-refractivity contribution < 1.29 is 9.59 Å². The topological polar surface area (TPSA) is 70.2 Å². The second-order valence-electron chi connectivity index (χ2n) is 5.13. The van der Waals surface area contributed by atoms with E-state index in [0.29, 0.717) is 17.8 Å². The van der Waals surface area contributed by atoms with Gasteiger partial charge in [-0.05, 0) is 39.4 Å². The van der Waals surface area contributed by atoms with Crippen LogP contribution in [0.5, 0.6) is 0 Å². The average Bonchev–Trinajstić information content (AvgIpc) is 2.45. The molecule has 0 bridgehead atoms. The SMILES string of the molecule is CCCNC(=O)c1ccccc1NC(=O)C(C)(C)NC. The first kappa shape index (κ1) is 16.2. The van der Waals surface area contributed by atoms with E-state index < -0.39 is 5.54 Å². The molecule has 0 aliphatic rings. The van der Waals surface area contributed by atoms with Crippen LogP contribution < -0.4 is 16.0 Å². The van der Waals surface area contributed by atoms with Crippen molar-refractivity contribution in [2.45, 2.75) is 32.7 Å². The van der Waals surface area contributed by atoms with Gasteiger partial charge in [0.05, 0.1) is 16.8 Å². The predicted octanol–water partition coefficient (Wildman–Crippen LogP) is 1.76. The Labute approximate surface area is 120 Å². The van der Waals surface area contributed by atoms with Gasteiger partial charge in [0.25, 0.3) is 5.91 Å². The summed E-state index contributed by atoms with van der Waals surface area (Å²) in [5.41, 5.74) is 0.295. The molecular weight excluding hydrogens is 254 g/mol. The molecule has 0 atom stereocenters. The lowest BCUT2D eigenvalue weighted by Crippen LogP contribution is -2.48. The third kappa shape index (κ3) is 4.06. The lowest BCUT2D eigenvalue weighted by molar-refractivity contribution is -0.121. The minimum absolute atomic E-state index is 0.176.